The molecule has 18 heavy (non-hydrogen) atoms. The van der Waals surface area contributed by atoms with E-state index in [1.807, 2.05) is 11.0 Å². The lowest BCUT2D eigenvalue weighted by atomic mass is 9.92. The van der Waals surface area contributed by atoms with Gasteiger partial charge < -0.3 is 10.0 Å². The Balaban J connectivity index is 2.29. The SMILES string of the molecule is CC1CCN(c2ccnc(C#N)c2)C(C(=O)O)C1. The molecule has 0 bridgehead atoms. The van der Waals surface area contributed by atoms with E-state index >= 15 is 0 Å². The number of carbonyl (C=O) groups is 1. The van der Waals surface area contributed by atoms with Gasteiger partial charge in [0.05, 0.1) is 0 Å². The molecular weight excluding hydrogens is 230 g/mol. The zero-order valence-corrected chi connectivity index (χ0v) is 10.2. The number of nitriles is 1. The number of aliphatic carboxylic acids is 1. The summed E-state index contributed by atoms with van der Waals surface area (Å²) in [5.41, 5.74) is 1.08. The zero-order chi connectivity index (χ0) is 13.1. The summed E-state index contributed by atoms with van der Waals surface area (Å²) in [5.74, 6) is -0.392. The van der Waals surface area contributed by atoms with Gasteiger partial charge in [0.25, 0.3) is 0 Å². The van der Waals surface area contributed by atoms with Crippen LogP contribution in [0.5, 0.6) is 0 Å². The predicted octanol–water partition coefficient (Wildman–Crippen LogP) is 1.64. The predicted molar refractivity (Wildman–Crippen MR) is 66.1 cm³/mol. The Morgan fingerprint density at radius 1 is 1.67 bits per heavy atom. The Labute approximate surface area is 106 Å². The summed E-state index contributed by atoms with van der Waals surface area (Å²) in [6.45, 7) is 2.77. The second kappa shape index (κ2) is 5.05. The number of nitrogens with zero attached hydrogens (tertiary/aromatic N) is 3. The molecule has 1 aliphatic heterocycles. The lowest BCUT2D eigenvalue weighted by molar-refractivity contribution is -0.139. The van der Waals surface area contributed by atoms with Crippen LogP contribution in [0.2, 0.25) is 0 Å². The topological polar surface area (TPSA) is 77.2 Å². The molecule has 2 heterocycles. The van der Waals surface area contributed by atoms with E-state index in [0.29, 0.717) is 24.6 Å². The van der Waals surface area contributed by atoms with Crippen LogP contribution >= 0.6 is 0 Å². The second-order valence-electron chi connectivity index (χ2n) is 4.69. The molecule has 2 atom stereocenters. The molecule has 1 aromatic rings. The standard InChI is InChI=1S/C13H15N3O2/c1-9-3-5-16(12(6-9)13(17)18)11-2-4-15-10(7-11)8-14/h2,4,7,9,12H,3,5-6H2,1H3,(H,17,18). The molecule has 1 saturated heterocycles. The van der Waals surface area contributed by atoms with Gasteiger partial charge in [0.2, 0.25) is 0 Å². The Morgan fingerprint density at radius 3 is 3.11 bits per heavy atom. The molecule has 0 aliphatic carbocycles. The largest absolute Gasteiger partial charge is 0.480 e. The quantitative estimate of drug-likeness (QED) is 0.857. The molecule has 1 aromatic heterocycles. The van der Waals surface area contributed by atoms with Gasteiger partial charge in [0.15, 0.2) is 0 Å². The van der Waals surface area contributed by atoms with E-state index in [1.54, 1.807) is 18.3 Å². The van der Waals surface area contributed by atoms with Crippen LogP contribution in [0.15, 0.2) is 18.3 Å². The fourth-order valence-corrected chi connectivity index (χ4v) is 2.34. The fourth-order valence-electron chi connectivity index (χ4n) is 2.34. The highest BCUT2D eigenvalue weighted by Crippen LogP contribution is 2.28. The number of rotatable bonds is 2. The van der Waals surface area contributed by atoms with Gasteiger partial charge in [0, 0.05) is 18.4 Å². The van der Waals surface area contributed by atoms with E-state index in [2.05, 4.69) is 11.9 Å². The van der Waals surface area contributed by atoms with Crippen LogP contribution < -0.4 is 4.90 Å². The highest BCUT2D eigenvalue weighted by Gasteiger charge is 2.31. The van der Waals surface area contributed by atoms with Crippen molar-refractivity contribution in [1.82, 2.24) is 4.98 Å². The van der Waals surface area contributed by atoms with Crippen LogP contribution in [0, 0.1) is 17.2 Å². The Kier molecular flexibility index (Phi) is 3.47. The first-order valence-electron chi connectivity index (χ1n) is 5.97. The van der Waals surface area contributed by atoms with Gasteiger partial charge >= 0.3 is 5.97 Å². The zero-order valence-electron chi connectivity index (χ0n) is 10.2. The van der Waals surface area contributed by atoms with E-state index in [4.69, 9.17) is 5.26 Å². The van der Waals surface area contributed by atoms with Gasteiger partial charge in [-0.15, -0.1) is 0 Å². The minimum Gasteiger partial charge on any atom is -0.480 e. The number of pyridine rings is 1. The van der Waals surface area contributed by atoms with Crippen LogP contribution in [-0.4, -0.2) is 28.6 Å². The van der Waals surface area contributed by atoms with Crippen LogP contribution in [0.3, 0.4) is 0 Å². The summed E-state index contributed by atoms with van der Waals surface area (Å²) in [6, 6.07) is 4.86. The summed E-state index contributed by atoms with van der Waals surface area (Å²) >= 11 is 0. The van der Waals surface area contributed by atoms with Gasteiger partial charge in [-0.05, 0) is 30.9 Å². The molecule has 2 rings (SSSR count). The van der Waals surface area contributed by atoms with Gasteiger partial charge in [-0.2, -0.15) is 5.26 Å². The molecule has 1 aliphatic rings. The molecule has 0 radical (unpaired) electrons. The molecule has 94 valence electrons. The minimum absolute atomic E-state index is 0.315. The molecule has 5 heteroatoms. The summed E-state index contributed by atoms with van der Waals surface area (Å²) < 4.78 is 0. The minimum atomic E-state index is -0.808. The van der Waals surface area contributed by atoms with Crippen LogP contribution in [-0.2, 0) is 4.79 Å². The van der Waals surface area contributed by atoms with Crippen molar-refractivity contribution in [1.29, 1.82) is 5.26 Å². The van der Waals surface area contributed by atoms with Crippen LogP contribution in [0.25, 0.3) is 0 Å². The molecule has 1 fully saturated rings. The van der Waals surface area contributed by atoms with Crippen molar-refractivity contribution in [3.8, 4) is 6.07 Å². The monoisotopic (exact) mass is 245 g/mol. The van der Waals surface area contributed by atoms with E-state index in [0.717, 1.165) is 12.1 Å². The molecular formula is C13H15N3O2. The molecule has 1 N–H and O–H groups in total. The highest BCUT2D eigenvalue weighted by molar-refractivity contribution is 5.78. The first-order valence-corrected chi connectivity index (χ1v) is 5.97. The average molecular weight is 245 g/mol. The van der Waals surface area contributed by atoms with Crippen molar-refractivity contribution >= 4 is 11.7 Å². The lowest BCUT2D eigenvalue weighted by Crippen LogP contribution is -2.47. The van der Waals surface area contributed by atoms with E-state index in [1.165, 1.54) is 0 Å². The maximum Gasteiger partial charge on any atom is 0.326 e. The van der Waals surface area contributed by atoms with Crippen molar-refractivity contribution in [3.05, 3.63) is 24.0 Å². The number of anilines is 1. The number of hydrogen-bond acceptors (Lipinski definition) is 4. The molecule has 2 unspecified atom stereocenters. The van der Waals surface area contributed by atoms with E-state index < -0.39 is 12.0 Å². The molecule has 5 nitrogen and oxygen atoms in total. The average Bonchev–Trinajstić information content (AvgIpc) is 2.38. The normalized spacial score (nSPS) is 23.4. The van der Waals surface area contributed by atoms with Crippen LogP contribution in [0.4, 0.5) is 5.69 Å². The maximum atomic E-state index is 11.3. The summed E-state index contributed by atoms with van der Waals surface area (Å²) in [5, 5.41) is 18.1. The first-order chi connectivity index (χ1) is 8.61. The van der Waals surface area contributed by atoms with Crippen molar-refractivity contribution in [2.75, 3.05) is 11.4 Å². The third-order valence-corrected chi connectivity index (χ3v) is 3.34. The number of hydrogen-bond donors (Lipinski definition) is 1. The third-order valence-electron chi connectivity index (χ3n) is 3.34. The lowest BCUT2D eigenvalue weighted by Gasteiger charge is -2.37. The van der Waals surface area contributed by atoms with Gasteiger partial charge in [0.1, 0.15) is 17.8 Å². The van der Waals surface area contributed by atoms with Crippen molar-refractivity contribution < 1.29 is 9.90 Å². The molecule has 0 spiro atoms. The van der Waals surface area contributed by atoms with Crippen molar-refractivity contribution in [2.45, 2.75) is 25.8 Å². The first kappa shape index (κ1) is 12.4. The fraction of sp³-hybridized carbons (Fsp3) is 0.462. The highest BCUT2D eigenvalue weighted by atomic mass is 16.4. The summed E-state index contributed by atoms with van der Waals surface area (Å²) in [6.07, 6.45) is 3.15. The third kappa shape index (κ3) is 2.43. The number of carboxylic acid groups (broad SMARTS) is 1. The Morgan fingerprint density at radius 2 is 2.44 bits per heavy atom. The molecule has 0 saturated carbocycles. The number of aromatic nitrogens is 1. The summed E-state index contributed by atoms with van der Waals surface area (Å²) in [4.78, 5) is 17.1. The maximum absolute atomic E-state index is 11.3. The molecule has 0 amide bonds. The van der Waals surface area contributed by atoms with Crippen molar-refractivity contribution in [3.63, 3.8) is 0 Å². The molecule has 0 aromatic carbocycles. The smallest absolute Gasteiger partial charge is 0.326 e. The van der Waals surface area contributed by atoms with E-state index in [-0.39, 0.29) is 0 Å². The number of carboxylic acids is 1. The number of piperidine rings is 1. The Bertz CT molecular complexity index is 495. The summed E-state index contributed by atoms with van der Waals surface area (Å²) in [7, 11) is 0. The van der Waals surface area contributed by atoms with Crippen LogP contribution in [0.1, 0.15) is 25.5 Å². The van der Waals surface area contributed by atoms with Gasteiger partial charge in [-0.3, -0.25) is 0 Å². The van der Waals surface area contributed by atoms with E-state index in [9.17, 15) is 9.90 Å². The van der Waals surface area contributed by atoms with Crippen molar-refractivity contribution in [2.24, 2.45) is 5.92 Å². The Hall–Kier alpha value is -2.09. The second-order valence-corrected chi connectivity index (χ2v) is 4.69. The van der Waals surface area contributed by atoms with Gasteiger partial charge in [-0.1, -0.05) is 6.92 Å². The van der Waals surface area contributed by atoms with Gasteiger partial charge in [-0.25, -0.2) is 9.78 Å².